The van der Waals surface area contributed by atoms with E-state index in [0.29, 0.717) is 11.7 Å². The Hall–Kier alpha value is -2.21. The largest absolute Gasteiger partial charge is 0.352 e. The predicted octanol–water partition coefficient (Wildman–Crippen LogP) is 2.40. The van der Waals surface area contributed by atoms with E-state index in [9.17, 15) is 9.59 Å². The van der Waals surface area contributed by atoms with Crippen molar-refractivity contribution < 1.29 is 9.59 Å². The third-order valence-corrected chi connectivity index (χ3v) is 3.34. The summed E-state index contributed by atoms with van der Waals surface area (Å²) in [5.41, 5.74) is 2.83. The van der Waals surface area contributed by atoms with Crippen LogP contribution in [0.3, 0.4) is 0 Å². The van der Waals surface area contributed by atoms with Crippen LogP contribution < -0.4 is 10.6 Å². The molecule has 20 heavy (non-hydrogen) atoms. The lowest BCUT2D eigenvalue weighted by Gasteiger charge is -2.03. The number of amides is 2. The maximum Gasteiger partial charge on any atom is 0.223 e. The normalized spacial score (nSPS) is 10.1. The van der Waals surface area contributed by atoms with Crippen LogP contribution in [0.5, 0.6) is 0 Å². The van der Waals surface area contributed by atoms with E-state index >= 15 is 0 Å². The zero-order valence-corrected chi connectivity index (χ0v) is 12.1. The minimum atomic E-state index is -0.128. The molecule has 2 aromatic rings. The van der Waals surface area contributed by atoms with E-state index in [2.05, 4.69) is 15.6 Å². The van der Waals surface area contributed by atoms with Crippen LogP contribution in [0, 0.1) is 0 Å². The molecule has 0 unspecified atom stereocenters. The van der Waals surface area contributed by atoms with Gasteiger partial charge >= 0.3 is 0 Å². The van der Waals surface area contributed by atoms with Gasteiger partial charge in [0.25, 0.3) is 0 Å². The van der Waals surface area contributed by atoms with Gasteiger partial charge in [-0.15, -0.1) is 11.3 Å². The van der Waals surface area contributed by atoms with Crippen molar-refractivity contribution in [3.05, 3.63) is 35.2 Å². The third kappa shape index (κ3) is 3.89. The number of aromatic nitrogens is 1. The van der Waals surface area contributed by atoms with Gasteiger partial charge in [0.15, 0.2) is 5.13 Å². The van der Waals surface area contributed by atoms with Gasteiger partial charge in [-0.25, -0.2) is 4.98 Å². The molecule has 0 bridgehead atoms. The monoisotopic (exact) mass is 289 g/mol. The maximum absolute atomic E-state index is 11.0. The Labute approximate surface area is 121 Å². The zero-order valence-electron chi connectivity index (χ0n) is 11.3. The van der Waals surface area contributed by atoms with E-state index in [1.54, 1.807) is 0 Å². The highest BCUT2D eigenvalue weighted by atomic mass is 32.1. The molecule has 104 valence electrons. The van der Waals surface area contributed by atoms with Crippen molar-refractivity contribution in [2.75, 3.05) is 5.32 Å². The Morgan fingerprint density at radius 3 is 2.45 bits per heavy atom. The fraction of sp³-hybridized carbons (Fsp3) is 0.214. The van der Waals surface area contributed by atoms with Crippen LogP contribution in [0.4, 0.5) is 5.13 Å². The summed E-state index contributed by atoms with van der Waals surface area (Å²) in [5.74, 6) is -0.176. The lowest BCUT2D eigenvalue weighted by Crippen LogP contribution is -2.18. The Bertz CT molecular complexity index is 620. The molecule has 5 nitrogen and oxygen atoms in total. The molecule has 1 heterocycles. The number of carbonyl (C=O) groups is 2. The van der Waals surface area contributed by atoms with Crippen molar-refractivity contribution in [3.8, 4) is 11.3 Å². The topological polar surface area (TPSA) is 71.1 Å². The lowest BCUT2D eigenvalue weighted by molar-refractivity contribution is -0.119. The summed E-state index contributed by atoms with van der Waals surface area (Å²) in [7, 11) is 0. The third-order valence-electron chi connectivity index (χ3n) is 2.58. The molecule has 0 aliphatic carbocycles. The van der Waals surface area contributed by atoms with Crippen LogP contribution >= 0.6 is 11.3 Å². The molecule has 0 aliphatic rings. The molecule has 6 heteroatoms. The highest BCUT2D eigenvalue weighted by Gasteiger charge is 2.05. The van der Waals surface area contributed by atoms with Gasteiger partial charge in [0.1, 0.15) is 0 Å². The van der Waals surface area contributed by atoms with Crippen LogP contribution in [-0.4, -0.2) is 16.8 Å². The van der Waals surface area contributed by atoms with Gasteiger partial charge in [0.2, 0.25) is 11.8 Å². The number of thiazole rings is 1. The minimum Gasteiger partial charge on any atom is -0.352 e. The Balaban J connectivity index is 2.07. The van der Waals surface area contributed by atoms with Crippen molar-refractivity contribution in [1.29, 1.82) is 0 Å². The summed E-state index contributed by atoms with van der Waals surface area (Å²) in [4.78, 5) is 26.1. The summed E-state index contributed by atoms with van der Waals surface area (Å²) in [6.07, 6.45) is 0. The first kappa shape index (κ1) is 14.2. The SMILES string of the molecule is CC(=O)NCc1ccc(-c2csc(NC(C)=O)n2)cc1. The molecule has 0 spiro atoms. The highest BCUT2D eigenvalue weighted by Crippen LogP contribution is 2.25. The maximum atomic E-state index is 11.0. The molecule has 2 amide bonds. The van der Waals surface area contributed by atoms with Gasteiger partial charge in [0.05, 0.1) is 5.69 Å². The molecule has 0 saturated carbocycles. The average Bonchev–Trinajstić information content (AvgIpc) is 2.84. The molecule has 0 atom stereocenters. The van der Waals surface area contributed by atoms with Crippen LogP contribution in [0.1, 0.15) is 19.4 Å². The van der Waals surface area contributed by atoms with E-state index in [1.807, 2.05) is 29.6 Å². The van der Waals surface area contributed by atoms with E-state index in [0.717, 1.165) is 16.8 Å². The summed E-state index contributed by atoms with van der Waals surface area (Å²) < 4.78 is 0. The molecule has 1 aromatic heterocycles. The Morgan fingerprint density at radius 1 is 1.15 bits per heavy atom. The summed E-state index contributed by atoms with van der Waals surface area (Å²) in [5, 5.41) is 7.90. The number of hydrogen-bond acceptors (Lipinski definition) is 4. The van der Waals surface area contributed by atoms with Gasteiger partial charge in [0, 0.05) is 31.3 Å². The first-order chi connectivity index (χ1) is 9.54. The van der Waals surface area contributed by atoms with Crippen LogP contribution in [0.15, 0.2) is 29.6 Å². The van der Waals surface area contributed by atoms with Crippen molar-refractivity contribution in [1.82, 2.24) is 10.3 Å². The fourth-order valence-electron chi connectivity index (χ4n) is 1.63. The van der Waals surface area contributed by atoms with Crippen molar-refractivity contribution in [2.24, 2.45) is 0 Å². The quantitative estimate of drug-likeness (QED) is 0.908. The van der Waals surface area contributed by atoms with Crippen LogP contribution in [0.2, 0.25) is 0 Å². The highest BCUT2D eigenvalue weighted by molar-refractivity contribution is 7.14. The molecule has 0 aliphatic heterocycles. The standard InChI is InChI=1S/C14H15N3O2S/c1-9(18)15-7-11-3-5-12(6-4-11)13-8-20-14(17-13)16-10(2)19/h3-6,8H,7H2,1-2H3,(H,15,18)(H,16,17,19). The number of hydrogen-bond donors (Lipinski definition) is 2. The van der Waals surface area contributed by atoms with Crippen molar-refractivity contribution in [2.45, 2.75) is 20.4 Å². The second-order valence-electron chi connectivity index (χ2n) is 4.33. The predicted molar refractivity (Wildman–Crippen MR) is 79.4 cm³/mol. The molecule has 0 radical (unpaired) electrons. The molecule has 1 aromatic carbocycles. The zero-order chi connectivity index (χ0) is 14.5. The second-order valence-corrected chi connectivity index (χ2v) is 5.18. The number of nitrogens with zero attached hydrogens (tertiary/aromatic N) is 1. The lowest BCUT2D eigenvalue weighted by atomic mass is 10.1. The second kappa shape index (κ2) is 6.29. The summed E-state index contributed by atoms with van der Waals surface area (Å²) in [6, 6.07) is 7.79. The molecule has 0 fully saturated rings. The number of anilines is 1. The van der Waals surface area contributed by atoms with E-state index in [4.69, 9.17) is 0 Å². The summed E-state index contributed by atoms with van der Waals surface area (Å²) >= 11 is 1.39. The summed E-state index contributed by atoms with van der Waals surface area (Å²) in [6.45, 7) is 3.47. The Morgan fingerprint density at radius 2 is 1.85 bits per heavy atom. The molecule has 0 saturated heterocycles. The van der Waals surface area contributed by atoms with Crippen molar-refractivity contribution in [3.63, 3.8) is 0 Å². The average molecular weight is 289 g/mol. The van der Waals surface area contributed by atoms with Crippen LogP contribution in [0.25, 0.3) is 11.3 Å². The first-order valence-electron chi connectivity index (χ1n) is 6.11. The Kier molecular flexibility index (Phi) is 4.47. The van der Waals surface area contributed by atoms with Gasteiger partial charge < -0.3 is 10.6 Å². The number of rotatable bonds is 4. The fourth-order valence-corrected chi connectivity index (χ4v) is 2.40. The first-order valence-corrected chi connectivity index (χ1v) is 6.99. The van der Waals surface area contributed by atoms with Gasteiger partial charge in [-0.1, -0.05) is 24.3 Å². The number of benzene rings is 1. The van der Waals surface area contributed by atoms with Gasteiger partial charge in [-0.3, -0.25) is 9.59 Å². The smallest absolute Gasteiger partial charge is 0.223 e. The molecular formula is C14H15N3O2S. The van der Waals surface area contributed by atoms with Gasteiger partial charge in [-0.2, -0.15) is 0 Å². The number of carbonyl (C=O) groups excluding carboxylic acids is 2. The molecular weight excluding hydrogens is 274 g/mol. The molecule has 2 rings (SSSR count). The molecule has 2 N–H and O–H groups in total. The number of nitrogens with one attached hydrogen (secondary N) is 2. The van der Waals surface area contributed by atoms with E-state index in [-0.39, 0.29) is 11.8 Å². The van der Waals surface area contributed by atoms with Crippen molar-refractivity contribution >= 4 is 28.3 Å². The van der Waals surface area contributed by atoms with Crippen LogP contribution in [-0.2, 0) is 16.1 Å². The minimum absolute atomic E-state index is 0.0477. The van der Waals surface area contributed by atoms with E-state index < -0.39 is 0 Å². The van der Waals surface area contributed by atoms with E-state index in [1.165, 1.54) is 25.2 Å². The van der Waals surface area contributed by atoms with Gasteiger partial charge in [-0.05, 0) is 5.56 Å².